The molecular formula is C23H15ClINO3. The van der Waals surface area contributed by atoms with Crippen molar-refractivity contribution in [3.63, 3.8) is 0 Å². The third-order valence-electron chi connectivity index (χ3n) is 4.59. The molecule has 0 aliphatic rings. The second kappa shape index (κ2) is 8.00. The van der Waals surface area contributed by atoms with Crippen molar-refractivity contribution in [1.29, 1.82) is 0 Å². The number of halogens is 2. The third-order valence-corrected chi connectivity index (χ3v) is 5.59. The minimum atomic E-state index is -0.394. The maximum absolute atomic E-state index is 12.6. The summed E-state index contributed by atoms with van der Waals surface area (Å²) in [5.41, 5.74) is 3.28. The van der Waals surface area contributed by atoms with Gasteiger partial charge in [-0.25, -0.2) is 4.79 Å². The molecule has 0 aliphatic carbocycles. The first-order chi connectivity index (χ1) is 13.9. The molecule has 0 aliphatic heterocycles. The summed E-state index contributed by atoms with van der Waals surface area (Å²) in [6.45, 7) is 1.89. The number of aryl methyl sites for hydroxylation is 1. The lowest BCUT2D eigenvalue weighted by molar-refractivity contribution is 0.102. The molecule has 0 atom stereocenters. The van der Waals surface area contributed by atoms with E-state index in [0.717, 1.165) is 20.1 Å². The van der Waals surface area contributed by atoms with Gasteiger partial charge in [-0.3, -0.25) is 4.79 Å². The molecular weight excluding hydrogens is 501 g/mol. The molecule has 144 valence electrons. The number of hydrogen-bond donors (Lipinski definition) is 1. The molecule has 1 heterocycles. The van der Waals surface area contributed by atoms with Gasteiger partial charge < -0.3 is 9.73 Å². The smallest absolute Gasteiger partial charge is 0.344 e. The third kappa shape index (κ3) is 4.06. The van der Waals surface area contributed by atoms with E-state index in [4.69, 9.17) is 16.0 Å². The first-order valence-corrected chi connectivity index (χ1v) is 10.3. The van der Waals surface area contributed by atoms with Gasteiger partial charge in [-0.1, -0.05) is 35.9 Å². The van der Waals surface area contributed by atoms with Crippen LogP contribution in [0.25, 0.3) is 22.1 Å². The number of hydrogen-bond acceptors (Lipinski definition) is 3. The van der Waals surface area contributed by atoms with Crippen LogP contribution in [0.15, 0.2) is 75.9 Å². The Labute approximate surface area is 185 Å². The van der Waals surface area contributed by atoms with Crippen molar-refractivity contribution in [3.05, 3.63) is 96.9 Å². The topological polar surface area (TPSA) is 59.3 Å². The number of carbonyl (C=O) groups excluding carboxylic acids is 1. The molecule has 29 heavy (non-hydrogen) atoms. The second-order valence-electron chi connectivity index (χ2n) is 6.59. The fraction of sp³-hybridized carbons (Fsp3) is 0.0435. The Hall–Kier alpha value is -2.64. The van der Waals surface area contributed by atoms with Gasteiger partial charge in [0.25, 0.3) is 5.91 Å². The van der Waals surface area contributed by atoms with Gasteiger partial charge in [-0.05, 0) is 83.1 Å². The molecule has 0 radical (unpaired) electrons. The van der Waals surface area contributed by atoms with E-state index in [1.165, 1.54) is 0 Å². The first kappa shape index (κ1) is 19.7. The zero-order chi connectivity index (χ0) is 20.5. The zero-order valence-electron chi connectivity index (χ0n) is 15.3. The quantitative estimate of drug-likeness (QED) is 0.258. The maximum atomic E-state index is 12.6. The highest BCUT2D eigenvalue weighted by atomic mass is 127. The van der Waals surface area contributed by atoms with Crippen LogP contribution < -0.4 is 10.9 Å². The van der Waals surface area contributed by atoms with Gasteiger partial charge in [0.2, 0.25) is 0 Å². The predicted molar refractivity (Wildman–Crippen MR) is 125 cm³/mol. The van der Waals surface area contributed by atoms with E-state index in [1.54, 1.807) is 24.3 Å². The summed E-state index contributed by atoms with van der Waals surface area (Å²) in [6, 6.07) is 19.9. The predicted octanol–water partition coefficient (Wildman–Crippen LogP) is 6.28. The molecule has 0 fully saturated rings. The van der Waals surface area contributed by atoms with Gasteiger partial charge in [-0.15, -0.1) is 0 Å². The van der Waals surface area contributed by atoms with Crippen molar-refractivity contribution in [1.82, 2.24) is 0 Å². The number of para-hydroxylation sites is 1. The normalized spacial score (nSPS) is 10.9. The van der Waals surface area contributed by atoms with Crippen molar-refractivity contribution in [2.75, 3.05) is 5.32 Å². The van der Waals surface area contributed by atoms with Crippen molar-refractivity contribution in [2.24, 2.45) is 0 Å². The molecule has 4 nitrogen and oxygen atoms in total. The number of anilines is 1. The molecule has 6 heteroatoms. The van der Waals surface area contributed by atoms with Crippen LogP contribution in [0.1, 0.15) is 15.9 Å². The second-order valence-corrected chi connectivity index (χ2v) is 8.25. The van der Waals surface area contributed by atoms with E-state index in [9.17, 15) is 9.59 Å². The van der Waals surface area contributed by atoms with Crippen LogP contribution in [0.5, 0.6) is 0 Å². The van der Waals surface area contributed by atoms with Crippen molar-refractivity contribution < 1.29 is 9.21 Å². The Morgan fingerprint density at radius 3 is 2.59 bits per heavy atom. The van der Waals surface area contributed by atoms with Crippen LogP contribution in [0.2, 0.25) is 5.02 Å². The highest BCUT2D eigenvalue weighted by Gasteiger charge is 2.14. The van der Waals surface area contributed by atoms with Crippen molar-refractivity contribution >= 4 is 56.8 Å². The Morgan fingerprint density at radius 2 is 1.79 bits per heavy atom. The standard InChI is InChI=1S/C23H15ClINO3/c1-13-10-16(26-22(27)19-12-15(25)6-9-20(19)24)7-8-17(13)18-11-14-4-2-3-5-21(14)29-23(18)28/h2-12H,1H3,(H,26,27). The van der Waals surface area contributed by atoms with E-state index in [0.29, 0.717) is 27.4 Å². The molecule has 1 N–H and O–H groups in total. The average Bonchev–Trinajstić information content (AvgIpc) is 2.69. The Morgan fingerprint density at radius 1 is 1.00 bits per heavy atom. The Kier molecular flexibility index (Phi) is 5.43. The molecule has 0 unspecified atom stereocenters. The van der Waals surface area contributed by atoms with Crippen LogP contribution in [-0.2, 0) is 0 Å². The number of fused-ring (bicyclic) bond motifs is 1. The molecule has 3 aromatic carbocycles. The van der Waals surface area contributed by atoms with Crippen molar-refractivity contribution in [3.8, 4) is 11.1 Å². The molecule has 0 spiro atoms. The summed E-state index contributed by atoms with van der Waals surface area (Å²) in [4.78, 5) is 25.0. The number of carbonyl (C=O) groups is 1. The summed E-state index contributed by atoms with van der Waals surface area (Å²) in [5.74, 6) is -0.286. The van der Waals surface area contributed by atoms with E-state index in [-0.39, 0.29) is 5.91 Å². The number of rotatable bonds is 3. The molecule has 0 saturated carbocycles. The molecule has 0 saturated heterocycles. The van der Waals surface area contributed by atoms with Gasteiger partial charge in [0, 0.05) is 14.6 Å². The molecule has 4 aromatic rings. The fourth-order valence-corrected chi connectivity index (χ4v) is 3.86. The highest BCUT2D eigenvalue weighted by Crippen LogP contribution is 2.27. The van der Waals surface area contributed by atoms with Crippen LogP contribution >= 0.6 is 34.2 Å². The van der Waals surface area contributed by atoms with E-state index in [2.05, 4.69) is 27.9 Å². The summed E-state index contributed by atoms with van der Waals surface area (Å²) in [5, 5.41) is 4.11. The van der Waals surface area contributed by atoms with E-state index in [1.807, 2.05) is 49.4 Å². The molecule has 4 rings (SSSR count). The summed E-state index contributed by atoms with van der Waals surface area (Å²) < 4.78 is 6.36. The minimum absolute atomic E-state index is 0.286. The lowest BCUT2D eigenvalue weighted by atomic mass is 10.0. The van der Waals surface area contributed by atoms with Gasteiger partial charge in [-0.2, -0.15) is 0 Å². The summed E-state index contributed by atoms with van der Waals surface area (Å²) in [7, 11) is 0. The van der Waals surface area contributed by atoms with E-state index >= 15 is 0 Å². The first-order valence-electron chi connectivity index (χ1n) is 8.83. The van der Waals surface area contributed by atoms with Gasteiger partial charge in [0.05, 0.1) is 16.1 Å². The lowest BCUT2D eigenvalue weighted by Gasteiger charge is -2.11. The van der Waals surface area contributed by atoms with Crippen molar-refractivity contribution in [2.45, 2.75) is 6.92 Å². The number of benzene rings is 3. The average molecular weight is 516 g/mol. The van der Waals surface area contributed by atoms with Gasteiger partial charge in [0.1, 0.15) is 5.58 Å². The van der Waals surface area contributed by atoms with Gasteiger partial charge in [0.15, 0.2) is 0 Å². The van der Waals surface area contributed by atoms with E-state index < -0.39 is 5.63 Å². The SMILES string of the molecule is Cc1cc(NC(=O)c2cc(I)ccc2Cl)ccc1-c1cc2ccccc2oc1=O. The maximum Gasteiger partial charge on any atom is 0.344 e. The largest absolute Gasteiger partial charge is 0.422 e. The van der Waals surface area contributed by atoms with Crippen LogP contribution in [0, 0.1) is 10.5 Å². The minimum Gasteiger partial charge on any atom is -0.422 e. The van der Waals surface area contributed by atoms with Crippen LogP contribution in [0.4, 0.5) is 5.69 Å². The summed E-state index contributed by atoms with van der Waals surface area (Å²) >= 11 is 8.28. The fourth-order valence-electron chi connectivity index (χ4n) is 3.16. The van der Waals surface area contributed by atoms with Crippen LogP contribution in [0.3, 0.4) is 0 Å². The zero-order valence-corrected chi connectivity index (χ0v) is 18.2. The monoisotopic (exact) mass is 515 g/mol. The Balaban J connectivity index is 1.67. The molecule has 1 aromatic heterocycles. The summed E-state index contributed by atoms with van der Waals surface area (Å²) in [6.07, 6.45) is 0. The lowest BCUT2D eigenvalue weighted by Crippen LogP contribution is -2.13. The number of amides is 1. The highest BCUT2D eigenvalue weighted by molar-refractivity contribution is 14.1. The molecule has 0 bridgehead atoms. The molecule has 1 amide bonds. The van der Waals surface area contributed by atoms with Gasteiger partial charge >= 0.3 is 5.63 Å². The Bertz CT molecular complexity index is 1310. The number of nitrogens with one attached hydrogen (secondary N) is 1. The van der Waals surface area contributed by atoms with Crippen LogP contribution in [-0.4, -0.2) is 5.91 Å².